The number of piperidine rings is 1. The Morgan fingerprint density at radius 3 is 2.48 bits per heavy atom. The lowest BCUT2D eigenvalue weighted by molar-refractivity contribution is -0.116. The molecule has 6 nitrogen and oxygen atoms in total. The Labute approximate surface area is 199 Å². The molecule has 0 spiro atoms. The van der Waals surface area contributed by atoms with E-state index in [1.54, 1.807) is 0 Å². The Bertz CT molecular complexity index is 740. The van der Waals surface area contributed by atoms with Crippen LogP contribution in [0.3, 0.4) is 0 Å². The molecule has 6 heteroatoms. The number of anilines is 2. The van der Waals surface area contributed by atoms with Gasteiger partial charge in [0.1, 0.15) is 0 Å². The summed E-state index contributed by atoms with van der Waals surface area (Å²) in [5.41, 5.74) is 2.30. The van der Waals surface area contributed by atoms with E-state index in [0.717, 1.165) is 63.9 Å². The first-order valence-corrected chi connectivity index (χ1v) is 13.3. The lowest BCUT2D eigenvalue weighted by Gasteiger charge is -2.30. The van der Waals surface area contributed by atoms with Gasteiger partial charge in [0.2, 0.25) is 5.91 Å². The van der Waals surface area contributed by atoms with Gasteiger partial charge in [-0.1, -0.05) is 45.4 Å². The summed E-state index contributed by atoms with van der Waals surface area (Å²) in [5.74, 6) is -0.0609. The SMILES string of the molecule is CCCCCCCCCC(=O)Nc1ccc(N2CCCCC2)c(C(=O)NCC2CCCO2)c1. The van der Waals surface area contributed by atoms with Crippen LogP contribution in [0.4, 0.5) is 11.4 Å². The Balaban J connectivity index is 1.56. The summed E-state index contributed by atoms with van der Waals surface area (Å²) in [6.45, 7) is 5.47. The second-order valence-corrected chi connectivity index (χ2v) is 9.54. The molecule has 2 saturated heterocycles. The predicted octanol–water partition coefficient (Wildman–Crippen LogP) is 5.66. The van der Waals surface area contributed by atoms with Crippen molar-refractivity contribution >= 4 is 23.2 Å². The van der Waals surface area contributed by atoms with Crippen molar-refractivity contribution in [3.63, 3.8) is 0 Å². The molecule has 2 heterocycles. The van der Waals surface area contributed by atoms with Crippen LogP contribution in [0.2, 0.25) is 0 Å². The molecular weight excluding hydrogens is 414 g/mol. The van der Waals surface area contributed by atoms with Crippen LogP contribution >= 0.6 is 0 Å². The highest BCUT2D eigenvalue weighted by molar-refractivity contribution is 6.02. The number of nitrogens with zero attached hydrogens (tertiary/aromatic N) is 1. The fraction of sp³-hybridized carbons (Fsp3) is 0.704. The maximum Gasteiger partial charge on any atom is 0.253 e. The Morgan fingerprint density at radius 2 is 1.76 bits per heavy atom. The predicted molar refractivity (Wildman–Crippen MR) is 135 cm³/mol. The van der Waals surface area contributed by atoms with Crippen LogP contribution in [0.25, 0.3) is 0 Å². The number of rotatable bonds is 13. The van der Waals surface area contributed by atoms with Gasteiger partial charge in [0.15, 0.2) is 0 Å². The van der Waals surface area contributed by atoms with E-state index in [1.165, 1.54) is 38.5 Å². The summed E-state index contributed by atoms with van der Waals surface area (Å²) in [6, 6.07) is 5.77. The third-order valence-electron chi connectivity index (χ3n) is 6.74. The van der Waals surface area contributed by atoms with Crippen LogP contribution in [0.1, 0.15) is 101 Å². The molecule has 0 aliphatic carbocycles. The lowest BCUT2D eigenvalue weighted by atomic mass is 10.1. The van der Waals surface area contributed by atoms with Crippen molar-refractivity contribution in [1.29, 1.82) is 0 Å². The molecule has 2 aliphatic heterocycles. The summed E-state index contributed by atoms with van der Waals surface area (Å²) in [4.78, 5) is 27.9. The van der Waals surface area contributed by atoms with E-state index in [1.807, 2.05) is 18.2 Å². The first-order chi connectivity index (χ1) is 16.2. The Hall–Kier alpha value is -2.08. The van der Waals surface area contributed by atoms with Crippen molar-refractivity contribution < 1.29 is 14.3 Å². The Morgan fingerprint density at radius 1 is 1.00 bits per heavy atom. The van der Waals surface area contributed by atoms with E-state index in [4.69, 9.17) is 4.74 Å². The van der Waals surface area contributed by atoms with E-state index < -0.39 is 0 Å². The molecule has 33 heavy (non-hydrogen) atoms. The zero-order valence-electron chi connectivity index (χ0n) is 20.5. The van der Waals surface area contributed by atoms with E-state index in [0.29, 0.717) is 24.2 Å². The van der Waals surface area contributed by atoms with Crippen molar-refractivity contribution in [2.24, 2.45) is 0 Å². The standard InChI is InChI=1S/C27H43N3O3/c1-2-3-4-5-6-7-9-14-26(31)29-22-15-16-25(30-17-10-8-11-18-30)24(20-22)27(32)28-21-23-13-12-19-33-23/h15-16,20,23H,2-14,17-19,21H2,1H3,(H,28,32)(H,29,31). The van der Waals surface area contributed by atoms with E-state index >= 15 is 0 Å². The third-order valence-corrected chi connectivity index (χ3v) is 6.74. The van der Waals surface area contributed by atoms with Gasteiger partial charge in [-0.05, 0) is 56.7 Å². The fourth-order valence-corrected chi connectivity index (χ4v) is 4.78. The minimum absolute atomic E-state index is 0.0278. The fourth-order valence-electron chi connectivity index (χ4n) is 4.78. The zero-order chi connectivity index (χ0) is 23.3. The molecule has 0 bridgehead atoms. The van der Waals surface area contributed by atoms with Gasteiger partial charge in [-0.15, -0.1) is 0 Å². The van der Waals surface area contributed by atoms with Gasteiger partial charge in [-0.3, -0.25) is 9.59 Å². The zero-order valence-corrected chi connectivity index (χ0v) is 20.5. The van der Waals surface area contributed by atoms with Crippen molar-refractivity contribution in [3.8, 4) is 0 Å². The molecule has 1 atom stereocenters. The molecule has 0 radical (unpaired) electrons. The molecule has 0 aromatic heterocycles. The van der Waals surface area contributed by atoms with Crippen molar-refractivity contribution in [3.05, 3.63) is 23.8 Å². The Kier molecular flexibility index (Phi) is 11.0. The summed E-state index contributed by atoms with van der Waals surface area (Å²) in [5, 5.41) is 6.07. The quantitative estimate of drug-likeness (QED) is 0.375. The van der Waals surface area contributed by atoms with Crippen molar-refractivity contribution in [2.45, 2.75) is 96.5 Å². The molecule has 2 aliphatic rings. The number of hydrogen-bond acceptors (Lipinski definition) is 4. The minimum Gasteiger partial charge on any atom is -0.376 e. The molecule has 2 N–H and O–H groups in total. The highest BCUT2D eigenvalue weighted by Gasteiger charge is 2.22. The second-order valence-electron chi connectivity index (χ2n) is 9.54. The molecule has 3 rings (SSSR count). The van der Waals surface area contributed by atoms with Gasteiger partial charge in [0.25, 0.3) is 5.91 Å². The molecule has 1 unspecified atom stereocenters. The molecule has 0 saturated carbocycles. The molecule has 1 aromatic rings. The third kappa shape index (κ3) is 8.65. The summed E-state index contributed by atoms with van der Waals surface area (Å²) in [6.07, 6.45) is 14.6. The normalized spacial score (nSPS) is 18.3. The van der Waals surface area contributed by atoms with Crippen LogP contribution in [-0.2, 0) is 9.53 Å². The number of unbranched alkanes of at least 4 members (excludes halogenated alkanes) is 6. The molecular formula is C27H43N3O3. The molecule has 1 aromatic carbocycles. The lowest BCUT2D eigenvalue weighted by Crippen LogP contribution is -2.35. The average Bonchev–Trinajstić information content (AvgIpc) is 3.36. The van der Waals surface area contributed by atoms with Crippen molar-refractivity contribution in [1.82, 2.24) is 5.32 Å². The van der Waals surface area contributed by atoms with Gasteiger partial charge >= 0.3 is 0 Å². The van der Waals surface area contributed by atoms with Crippen LogP contribution in [0.15, 0.2) is 18.2 Å². The van der Waals surface area contributed by atoms with Gasteiger partial charge < -0.3 is 20.3 Å². The van der Waals surface area contributed by atoms with E-state index in [2.05, 4.69) is 22.5 Å². The van der Waals surface area contributed by atoms with Crippen LogP contribution in [0.5, 0.6) is 0 Å². The summed E-state index contributed by atoms with van der Waals surface area (Å²) in [7, 11) is 0. The number of carbonyl (C=O) groups excluding carboxylic acids is 2. The largest absolute Gasteiger partial charge is 0.376 e. The smallest absolute Gasteiger partial charge is 0.253 e. The van der Waals surface area contributed by atoms with Crippen LogP contribution in [0, 0.1) is 0 Å². The van der Waals surface area contributed by atoms with Crippen molar-refractivity contribution in [2.75, 3.05) is 36.5 Å². The minimum atomic E-state index is -0.0887. The number of carbonyl (C=O) groups is 2. The molecule has 184 valence electrons. The number of hydrogen-bond donors (Lipinski definition) is 2. The van der Waals surface area contributed by atoms with Crippen LogP contribution < -0.4 is 15.5 Å². The topological polar surface area (TPSA) is 70.7 Å². The number of ether oxygens (including phenoxy) is 1. The van der Waals surface area contributed by atoms with E-state index in [-0.39, 0.29) is 17.9 Å². The van der Waals surface area contributed by atoms with Gasteiger partial charge in [-0.25, -0.2) is 0 Å². The van der Waals surface area contributed by atoms with Crippen LogP contribution in [-0.4, -0.2) is 44.2 Å². The number of amides is 2. The number of nitrogens with one attached hydrogen (secondary N) is 2. The van der Waals surface area contributed by atoms with Gasteiger partial charge in [-0.2, -0.15) is 0 Å². The monoisotopic (exact) mass is 457 g/mol. The number of benzene rings is 1. The first-order valence-electron chi connectivity index (χ1n) is 13.3. The summed E-state index contributed by atoms with van der Waals surface area (Å²) >= 11 is 0. The maximum atomic E-state index is 13.1. The van der Waals surface area contributed by atoms with Gasteiger partial charge in [0, 0.05) is 44.0 Å². The summed E-state index contributed by atoms with van der Waals surface area (Å²) < 4.78 is 5.65. The highest BCUT2D eigenvalue weighted by Crippen LogP contribution is 2.27. The second kappa shape index (κ2) is 14.2. The molecule has 2 amide bonds. The maximum absolute atomic E-state index is 13.1. The van der Waals surface area contributed by atoms with Gasteiger partial charge in [0.05, 0.1) is 11.7 Å². The highest BCUT2D eigenvalue weighted by atomic mass is 16.5. The molecule has 2 fully saturated rings. The van der Waals surface area contributed by atoms with E-state index in [9.17, 15) is 9.59 Å². The first kappa shape index (κ1) is 25.5. The average molecular weight is 458 g/mol.